The largest absolute Gasteiger partial charge is 0.493 e. The summed E-state index contributed by atoms with van der Waals surface area (Å²) in [5, 5.41) is 0.818. The van der Waals surface area contributed by atoms with E-state index in [9.17, 15) is 4.79 Å². The Morgan fingerprint density at radius 1 is 1.04 bits per heavy atom. The first kappa shape index (κ1) is 21.2. The van der Waals surface area contributed by atoms with Gasteiger partial charge in [0, 0.05) is 19.2 Å². The Kier molecular flexibility index (Phi) is 7.63. The van der Waals surface area contributed by atoms with Gasteiger partial charge >= 0.3 is 0 Å². The van der Waals surface area contributed by atoms with E-state index in [1.165, 1.54) is 0 Å². The molecule has 0 saturated heterocycles. The fourth-order valence-electron chi connectivity index (χ4n) is 2.61. The fraction of sp³-hybridized carbons (Fsp3) is 0.350. The summed E-state index contributed by atoms with van der Waals surface area (Å²) < 4.78 is 16.3. The highest BCUT2D eigenvalue weighted by atomic mass is 35.5. The average Bonchev–Trinajstić information content (AvgIpc) is 2.68. The number of rotatable bonds is 8. The number of benzene rings is 2. The maximum atomic E-state index is 12.8. The van der Waals surface area contributed by atoms with Crippen LogP contribution in [0.25, 0.3) is 0 Å². The molecule has 0 heterocycles. The summed E-state index contributed by atoms with van der Waals surface area (Å²) in [6.07, 6.45) is -0.665. The van der Waals surface area contributed by atoms with Crippen LogP contribution in [-0.2, 0) is 11.3 Å². The molecule has 0 aliphatic rings. The van der Waals surface area contributed by atoms with Gasteiger partial charge in [0.2, 0.25) is 0 Å². The van der Waals surface area contributed by atoms with Crippen molar-refractivity contribution in [3.05, 3.63) is 52.0 Å². The van der Waals surface area contributed by atoms with E-state index in [-0.39, 0.29) is 5.91 Å². The van der Waals surface area contributed by atoms with Crippen LogP contribution in [0, 0.1) is 0 Å². The number of amides is 1. The summed E-state index contributed by atoms with van der Waals surface area (Å²) >= 11 is 11.9. The van der Waals surface area contributed by atoms with Gasteiger partial charge in [0.05, 0.1) is 24.3 Å². The zero-order valence-electron chi connectivity index (χ0n) is 15.8. The summed E-state index contributed by atoms with van der Waals surface area (Å²) in [6.45, 7) is 4.61. The molecule has 5 nitrogen and oxygen atoms in total. The van der Waals surface area contributed by atoms with Crippen molar-refractivity contribution in [2.75, 3.05) is 20.8 Å². The molecule has 2 aromatic rings. The molecule has 1 atom stereocenters. The second-order valence-corrected chi connectivity index (χ2v) is 6.69. The lowest BCUT2D eigenvalue weighted by Gasteiger charge is -2.25. The average molecular weight is 412 g/mol. The van der Waals surface area contributed by atoms with Gasteiger partial charge in [-0.25, -0.2) is 0 Å². The molecule has 1 amide bonds. The molecule has 0 aliphatic carbocycles. The predicted molar refractivity (Wildman–Crippen MR) is 107 cm³/mol. The Morgan fingerprint density at radius 3 is 2.33 bits per heavy atom. The lowest BCUT2D eigenvalue weighted by atomic mass is 10.1. The zero-order chi connectivity index (χ0) is 20.0. The Bertz CT molecular complexity index is 798. The molecular weight excluding hydrogens is 389 g/mol. The van der Waals surface area contributed by atoms with E-state index in [0.29, 0.717) is 40.4 Å². The van der Waals surface area contributed by atoms with Crippen molar-refractivity contribution in [1.82, 2.24) is 4.90 Å². The first-order valence-corrected chi connectivity index (χ1v) is 9.26. The highest BCUT2D eigenvalue weighted by Crippen LogP contribution is 2.29. The molecule has 2 aromatic carbocycles. The highest BCUT2D eigenvalue weighted by Gasteiger charge is 2.22. The summed E-state index contributed by atoms with van der Waals surface area (Å²) in [7, 11) is 3.17. The van der Waals surface area contributed by atoms with Gasteiger partial charge < -0.3 is 19.1 Å². The summed E-state index contributed by atoms with van der Waals surface area (Å²) in [5.41, 5.74) is 0.935. The second-order valence-electron chi connectivity index (χ2n) is 5.88. The Hall–Kier alpha value is -2.11. The smallest absolute Gasteiger partial charge is 0.263 e. The number of methoxy groups -OCH3 is 2. The summed E-state index contributed by atoms with van der Waals surface area (Å²) in [4.78, 5) is 14.5. The maximum absolute atomic E-state index is 12.8. The van der Waals surface area contributed by atoms with Crippen molar-refractivity contribution in [3.63, 3.8) is 0 Å². The maximum Gasteiger partial charge on any atom is 0.263 e. The van der Waals surface area contributed by atoms with E-state index in [2.05, 4.69) is 0 Å². The Balaban J connectivity index is 2.09. The van der Waals surface area contributed by atoms with Crippen LogP contribution >= 0.6 is 23.2 Å². The number of hydrogen-bond donors (Lipinski definition) is 0. The number of likely N-dealkylation sites (N-methyl/N-ethyl adjacent to an activating group) is 1. The molecular formula is C20H23Cl2NO4. The molecule has 0 radical (unpaired) electrons. The van der Waals surface area contributed by atoms with E-state index in [4.69, 9.17) is 37.4 Å². The van der Waals surface area contributed by atoms with Crippen molar-refractivity contribution >= 4 is 29.1 Å². The number of ether oxygens (including phenoxy) is 3. The molecule has 146 valence electrons. The number of carbonyl (C=O) groups excluding carboxylic acids is 1. The quantitative estimate of drug-likeness (QED) is 0.624. The molecule has 0 N–H and O–H groups in total. The van der Waals surface area contributed by atoms with E-state index in [1.54, 1.807) is 44.2 Å². The van der Waals surface area contributed by atoms with Gasteiger partial charge in [-0.1, -0.05) is 29.3 Å². The normalized spacial score (nSPS) is 11.6. The van der Waals surface area contributed by atoms with Crippen LogP contribution in [0.1, 0.15) is 19.4 Å². The van der Waals surface area contributed by atoms with Crippen LogP contribution in [0.15, 0.2) is 36.4 Å². The van der Waals surface area contributed by atoms with Gasteiger partial charge in [-0.3, -0.25) is 4.79 Å². The first-order chi connectivity index (χ1) is 12.9. The minimum Gasteiger partial charge on any atom is -0.493 e. The second kappa shape index (κ2) is 9.72. The lowest BCUT2D eigenvalue weighted by molar-refractivity contribution is -0.138. The summed E-state index contributed by atoms with van der Waals surface area (Å²) in [5.74, 6) is 1.64. The molecule has 0 bridgehead atoms. The van der Waals surface area contributed by atoms with Crippen molar-refractivity contribution < 1.29 is 19.0 Å². The molecule has 2 rings (SSSR count). The topological polar surface area (TPSA) is 48.0 Å². The minimum atomic E-state index is -0.665. The van der Waals surface area contributed by atoms with E-state index >= 15 is 0 Å². The Labute approximate surface area is 169 Å². The zero-order valence-corrected chi connectivity index (χ0v) is 17.3. The SMILES string of the molecule is CCN(Cc1ccc(OC)c(OC)c1)C(=O)C(C)Oc1ccc(Cl)c(Cl)c1. The molecule has 0 saturated carbocycles. The van der Waals surface area contributed by atoms with Gasteiger partial charge in [0.15, 0.2) is 17.6 Å². The fourth-order valence-corrected chi connectivity index (χ4v) is 2.89. The third kappa shape index (κ3) is 5.44. The minimum absolute atomic E-state index is 0.127. The van der Waals surface area contributed by atoms with Crippen molar-refractivity contribution in [2.45, 2.75) is 26.5 Å². The van der Waals surface area contributed by atoms with Crippen molar-refractivity contribution in [3.8, 4) is 17.2 Å². The van der Waals surface area contributed by atoms with Crippen molar-refractivity contribution in [2.24, 2.45) is 0 Å². The van der Waals surface area contributed by atoms with E-state index in [0.717, 1.165) is 5.56 Å². The number of nitrogens with zero attached hydrogens (tertiary/aromatic N) is 1. The van der Waals surface area contributed by atoms with Crippen LogP contribution in [0.4, 0.5) is 0 Å². The molecule has 0 fully saturated rings. The molecule has 1 unspecified atom stereocenters. The van der Waals surface area contributed by atoms with Gasteiger partial charge in [-0.05, 0) is 43.7 Å². The van der Waals surface area contributed by atoms with Crippen molar-refractivity contribution in [1.29, 1.82) is 0 Å². The third-order valence-electron chi connectivity index (χ3n) is 4.07. The summed E-state index contributed by atoms with van der Waals surface area (Å²) in [6, 6.07) is 10.5. The van der Waals surface area contributed by atoms with Gasteiger partial charge in [0.1, 0.15) is 5.75 Å². The molecule has 27 heavy (non-hydrogen) atoms. The highest BCUT2D eigenvalue weighted by molar-refractivity contribution is 6.42. The van der Waals surface area contributed by atoms with Crippen LogP contribution in [0.2, 0.25) is 10.0 Å². The van der Waals surface area contributed by atoms with Gasteiger partial charge in [0.25, 0.3) is 5.91 Å². The van der Waals surface area contributed by atoms with Crippen LogP contribution in [0.5, 0.6) is 17.2 Å². The molecule has 7 heteroatoms. The van der Waals surface area contributed by atoms with Crippen LogP contribution < -0.4 is 14.2 Å². The standard InChI is InChI=1S/C20H23Cl2NO4/c1-5-23(12-14-6-9-18(25-3)19(10-14)26-4)20(24)13(2)27-15-7-8-16(21)17(22)11-15/h6-11,13H,5,12H2,1-4H3. The van der Waals surface area contributed by atoms with Gasteiger partial charge in [-0.15, -0.1) is 0 Å². The monoisotopic (exact) mass is 411 g/mol. The molecule has 0 aliphatic heterocycles. The lowest BCUT2D eigenvalue weighted by Crippen LogP contribution is -2.40. The van der Waals surface area contributed by atoms with Crippen LogP contribution in [-0.4, -0.2) is 37.7 Å². The van der Waals surface area contributed by atoms with Crippen LogP contribution in [0.3, 0.4) is 0 Å². The van der Waals surface area contributed by atoms with Gasteiger partial charge in [-0.2, -0.15) is 0 Å². The van der Waals surface area contributed by atoms with E-state index in [1.807, 2.05) is 25.1 Å². The number of halogens is 2. The van der Waals surface area contributed by atoms with E-state index < -0.39 is 6.10 Å². The molecule has 0 spiro atoms. The Morgan fingerprint density at radius 2 is 1.74 bits per heavy atom. The first-order valence-electron chi connectivity index (χ1n) is 8.51. The number of hydrogen-bond acceptors (Lipinski definition) is 4. The predicted octanol–water partition coefficient (Wildman–Crippen LogP) is 4.83. The third-order valence-corrected chi connectivity index (χ3v) is 4.81. The molecule has 0 aromatic heterocycles. The number of carbonyl (C=O) groups is 1.